The first-order valence-corrected chi connectivity index (χ1v) is 6.01. The maximum atomic E-state index is 13.8. The van der Waals surface area contributed by atoms with Gasteiger partial charge in [0.25, 0.3) is 0 Å². The Morgan fingerprint density at radius 3 is 2.74 bits per heavy atom. The van der Waals surface area contributed by atoms with Crippen LogP contribution in [0.25, 0.3) is 0 Å². The lowest BCUT2D eigenvalue weighted by atomic mass is 10.0. The maximum Gasteiger partial charge on any atom is 0.164 e. The predicted molar refractivity (Wildman–Crippen MR) is 68.1 cm³/mol. The van der Waals surface area contributed by atoms with E-state index in [1.54, 1.807) is 11.7 Å². The van der Waals surface area contributed by atoms with E-state index in [4.69, 9.17) is 5.84 Å². The summed E-state index contributed by atoms with van der Waals surface area (Å²) in [5.41, 5.74) is 4.23. The molecule has 2 rings (SSSR count). The van der Waals surface area contributed by atoms with Crippen molar-refractivity contribution in [1.29, 1.82) is 0 Å². The van der Waals surface area contributed by atoms with E-state index in [0.717, 1.165) is 18.2 Å². The van der Waals surface area contributed by atoms with Gasteiger partial charge >= 0.3 is 0 Å². The molecule has 2 aromatic rings. The summed E-state index contributed by atoms with van der Waals surface area (Å²) in [4.78, 5) is 0. The largest absolute Gasteiger partial charge is 0.271 e. The summed E-state index contributed by atoms with van der Waals surface area (Å²) in [7, 11) is 1.75. The van der Waals surface area contributed by atoms with Crippen molar-refractivity contribution in [2.24, 2.45) is 12.9 Å². The average molecular weight is 266 g/mol. The number of halogens is 2. The summed E-state index contributed by atoms with van der Waals surface area (Å²) in [5.74, 6) is 3.70. The van der Waals surface area contributed by atoms with Gasteiger partial charge in [-0.15, -0.1) is 0 Å². The highest BCUT2D eigenvalue weighted by Crippen LogP contribution is 2.25. The van der Waals surface area contributed by atoms with E-state index in [0.29, 0.717) is 5.69 Å². The lowest BCUT2D eigenvalue weighted by Crippen LogP contribution is -2.31. The lowest BCUT2D eigenvalue weighted by Gasteiger charge is -2.17. The van der Waals surface area contributed by atoms with Crippen molar-refractivity contribution < 1.29 is 8.78 Å². The van der Waals surface area contributed by atoms with Crippen LogP contribution >= 0.6 is 0 Å². The molecule has 6 heteroatoms. The zero-order chi connectivity index (χ0) is 14.0. The van der Waals surface area contributed by atoms with Crippen LogP contribution in [0.2, 0.25) is 0 Å². The van der Waals surface area contributed by atoms with Gasteiger partial charge in [0.15, 0.2) is 11.6 Å². The second kappa shape index (κ2) is 5.46. The molecule has 1 unspecified atom stereocenters. The molecule has 0 radical (unpaired) electrons. The van der Waals surface area contributed by atoms with E-state index in [1.165, 1.54) is 12.1 Å². The average Bonchev–Trinajstić information content (AvgIpc) is 2.77. The zero-order valence-corrected chi connectivity index (χ0v) is 10.8. The number of aromatic nitrogens is 2. The molecule has 1 heterocycles. The van der Waals surface area contributed by atoms with Crippen LogP contribution in [0, 0.1) is 11.6 Å². The van der Waals surface area contributed by atoms with Crippen molar-refractivity contribution in [1.82, 2.24) is 15.2 Å². The topological polar surface area (TPSA) is 55.9 Å². The van der Waals surface area contributed by atoms with Crippen molar-refractivity contribution >= 4 is 0 Å². The summed E-state index contributed by atoms with van der Waals surface area (Å²) < 4.78 is 28.8. The van der Waals surface area contributed by atoms with E-state index in [-0.39, 0.29) is 5.56 Å². The highest BCUT2D eigenvalue weighted by molar-refractivity contribution is 5.30. The normalized spacial score (nSPS) is 12.7. The first kappa shape index (κ1) is 13.6. The van der Waals surface area contributed by atoms with E-state index in [2.05, 4.69) is 10.5 Å². The van der Waals surface area contributed by atoms with Crippen LogP contribution in [-0.2, 0) is 13.5 Å². The van der Waals surface area contributed by atoms with Gasteiger partial charge in [-0.05, 0) is 18.6 Å². The molecule has 0 spiro atoms. The van der Waals surface area contributed by atoms with Crippen molar-refractivity contribution in [3.05, 3.63) is 52.9 Å². The minimum atomic E-state index is -0.898. The molecular weight excluding hydrogens is 250 g/mol. The third-order valence-electron chi connectivity index (χ3n) is 3.08. The molecular formula is C13H16F2N4. The molecule has 3 N–H and O–H groups in total. The Bertz CT molecular complexity index is 580. The molecule has 0 aliphatic heterocycles. The summed E-state index contributed by atoms with van der Waals surface area (Å²) >= 11 is 0. The van der Waals surface area contributed by atoms with Crippen LogP contribution in [-0.4, -0.2) is 9.78 Å². The van der Waals surface area contributed by atoms with Crippen LogP contribution < -0.4 is 11.3 Å². The van der Waals surface area contributed by atoms with Crippen molar-refractivity contribution in [3.8, 4) is 0 Å². The summed E-state index contributed by atoms with van der Waals surface area (Å²) in [5, 5.41) is 4.28. The Kier molecular flexibility index (Phi) is 3.92. The van der Waals surface area contributed by atoms with Gasteiger partial charge in [0.1, 0.15) is 0 Å². The number of nitrogens with one attached hydrogen (secondary N) is 1. The smallest absolute Gasteiger partial charge is 0.164 e. The number of nitrogens with zero attached hydrogens (tertiary/aromatic N) is 2. The quantitative estimate of drug-likeness (QED) is 0.655. The fraction of sp³-hybridized carbons (Fsp3) is 0.308. The van der Waals surface area contributed by atoms with Crippen molar-refractivity contribution in [2.75, 3.05) is 0 Å². The molecule has 0 aliphatic rings. The first-order valence-electron chi connectivity index (χ1n) is 6.01. The Morgan fingerprint density at radius 2 is 2.16 bits per heavy atom. The minimum absolute atomic E-state index is 0.160. The third kappa shape index (κ3) is 2.50. The van der Waals surface area contributed by atoms with Crippen LogP contribution in [0.15, 0.2) is 24.3 Å². The van der Waals surface area contributed by atoms with Gasteiger partial charge < -0.3 is 0 Å². The monoisotopic (exact) mass is 266 g/mol. The molecule has 0 aliphatic carbocycles. The zero-order valence-electron chi connectivity index (χ0n) is 10.8. The summed E-state index contributed by atoms with van der Waals surface area (Å²) in [6.07, 6.45) is 0.761. The number of hydrazine groups is 1. The van der Waals surface area contributed by atoms with Gasteiger partial charge in [0.05, 0.1) is 17.4 Å². The second-order valence-electron chi connectivity index (χ2n) is 4.28. The van der Waals surface area contributed by atoms with Crippen molar-refractivity contribution in [2.45, 2.75) is 19.4 Å². The van der Waals surface area contributed by atoms with E-state index in [9.17, 15) is 8.78 Å². The highest BCUT2D eigenvalue weighted by Gasteiger charge is 2.22. The molecule has 4 nitrogen and oxygen atoms in total. The number of aryl methyl sites for hydroxylation is 2. The Balaban J connectivity index is 2.49. The molecule has 102 valence electrons. The number of benzene rings is 1. The number of nitrogens with two attached hydrogens (primary N) is 1. The molecule has 1 atom stereocenters. The van der Waals surface area contributed by atoms with Crippen LogP contribution in [0.1, 0.15) is 29.9 Å². The van der Waals surface area contributed by atoms with Gasteiger partial charge in [-0.3, -0.25) is 10.5 Å². The Labute approximate surface area is 110 Å². The van der Waals surface area contributed by atoms with Gasteiger partial charge in [-0.1, -0.05) is 19.1 Å². The van der Waals surface area contributed by atoms with E-state index >= 15 is 0 Å². The van der Waals surface area contributed by atoms with Gasteiger partial charge in [0, 0.05) is 12.6 Å². The fourth-order valence-corrected chi connectivity index (χ4v) is 2.06. The summed E-state index contributed by atoms with van der Waals surface area (Å²) in [6.45, 7) is 1.97. The number of hydrogen-bond acceptors (Lipinski definition) is 3. The maximum absolute atomic E-state index is 13.8. The molecule has 0 bridgehead atoms. The van der Waals surface area contributed by atoms with Gasteiger partial charge in [0.2, 0.25) is 0 Å². The lowest BCUT2D eigenvalue weighted by molar-refractivity contribution is 0.475. The summed E-state index contributed by atoms with van der Waals surface area (Å²) in [6, 6.07) is 5.21. The number of hydrogen-bond donors (Lipinski definition) is 2. The molecule has 0 saturated carbocycles. The molecule has 0 saturated heterocycles. The molecule has 19 heavy (non-hydrogen) atoms. The predicted octanol–water partition coefficient (Wildman–Crippen LogP) is 1.81. The minimum Gasteiger partial charge on any atom is -0.271 e. The van der Waals surface area contributed by atoms with Crippen LogP contribution in [0.4, 0.5) is 8.78 Å². The second-order valence-corrected chi connectivity index (χ2v) is 4.28. The first-order chi connectivity index (χ1) is 9.08. The van der Waals surface area contributed by atoms with E-state index < -0.39 is 17.7 Å². The Morgan fingerprint density at radius 1 is 1.42 bits per heavy atom. The molecule has 1 aromatic carbocycles. The standard InChI is InChI=1S/C13H16F2N4/c1-3-8-7-11(19(2)18-8)13(17-16)9-5-4-6-10(14)12(9)15/h4-7,13,17H,3,16H2,1-2H3. The van der Waals surface area contributed by atoms with Crippen molar-refractivity contribution in [3.63, 3.8) is 0 Å². The third-order valence-corrected chi connectivity index (χ3v) is 3.08. The highest BCUT2D eigenvalue weighted by atomic mass is 19.2. The molecule has 1 aromatic heterocycles. The number of rotatable bonds is 4. The Hall–Kier alpha value is -1.79. The van der Waals surface area contributed by atoms with Crippen LogP contribution in [0.5, 0.6) is 0 Å². The van der Waals surface area contributed by atoms with E-state index in [1.807, 2.05) is 13.0 Å². The fourth-order valence-electron chi connectivity index (χ4n) is 2.06. The molecule has 0 fully saturated rings. The SMILES string of the molecule is CCc1cc(C(NN)c2cccc(F)c2F)n(C)n1. The molecule has 0 amide bonds. The van der Waals surface area contributed by atoms with Crippen LogP contribution in [0.3, 0.4) is 0 Å². The van der Waals surface area contributed by atoms with Gasteiger partial charge in [-0.2, -0.15) is 5.10 Å². The van der Waals surface area contributed by atoms with Gasteiger partial charge in [-0.25, -0.2) is 14.2 Å².